The van der Waals surface area contributed by atoms with Crippen LogP contribution in [0.5, 0.6) is 0 Å². The van der Waals surface area contributed by atoms with Gasteiger partial charge >= 0.3 is 0 Å². The quantitative estimate of drug-likeness (QED) is 0.681. The van der Waals surface area contributed by atoms with E-state index < -0.39 is 0 Å². The van der Waals surface area contributed by atoms with Crippen LogP contribution in [-0.2, 0) is 9.47 Å². The molecular weight excluding hydrogens is 199 g/mol. The predicted molar refractivity (Wildman–Crippen MR) is 65.4 cm³/mol. The van der Waals surface area contributed by atoms with E-state index >= 15 is 0 Å². The Balaban J connectivity index is 2.31. The molecule has 0 aliphatic carbocycles. The third kappa shape index (κ3) is 1.55. The third-order valence-electron chi connectivity index (χ3n) is 4.59. The summed E-state index contributed by atoms with van der Waals surface area (Å²) in [5, 5.41) is 0. The van der Waals surface area contributed by atoms with Crippen molar-refractivity contribution in [1.29, 1.82) is 0 Å². The van der Waals surface area contributed by atoms with Crippen molar-refractivity contribution < 1.29 is 9.47 Å². The fraction of sp³-hybridized carbons (Fsp3) is 1.00. The summed E-state index contributed by atoms with van der Waals surface area (Å²) < 4.78 is 12.0. The summed E-state index contributed by atoms with van der Waals surface area (Å²) in [4.78, 5) is 0. The fourth-order valence-electron chi connectivity index (χ4n) is 3.49. The zero-order chi connectivity index (χ0) is 12.1. The lowest BCUT2D eigenvalue weighted by molar-refractivity contribution is -0.146. The lowest BCUT2D eigenvalue weighted by Crippen LogP contribution is -2.47. The van der Waals surface area contributed by atoms with Crippen LogP contribution in [-0.4, -0.2) is 32.2 Å². The van der Waals surface area contributed by atoms with E-state index in [1.165, 1.54) is 0 Å². The molecule has 0 unspecified atom stereocenters. The van der Waals surface area contributed by atoms with Gasteiger partial charge < -0.3 is 9.47 Å². The van der Waals surface area contributed by atoms with Crippen molar-refractivity contribution in [2.45, 2.75) is 52.3 Å². The predicted octanol–water partition coefficient (Wildman–Crippen LogP) is 2.21. The van der Waals surface area contributed by atoms with Gasteiger partial charge in [-0.1, -0.05) is 34.6 Å². The van der Waals surface area contributed by atoms with Crippen LogP contribution < -0.4 is 0 Å². The Morgan fingerprint density at radius 2 is 1.81 bits per heavy atom. The Bertz CT molecular complexity index is 267. The highest BCUT2D eigenvalue weighted by atomic mass is 16.6. The van der Waals surface area contributed by atoms with Crippen LogP contribution in [0.3, 0.4) is 0 Å². The summed E-state index contributed by atoms with van der Waals surface area (Å²) in [6.07, 6.45) is 0.0983. The van der Waals surface area contributed by atoms with Gasteiger partial charge in [0.1, 0.15) is 7.85 Å². The smallest absolute Gasteiger partial charge is 0.112 e. The van der Waals surface area contributed by atoms with Gasteiger partial charge in [0.25, 0.3) is 0 Å². The van der Waals surface area contributed by atoms with Crippen LogP contribution in [0.25, 0.3) is 0 Å². The van der Waals surface area contributed by atoms with E-state index in [9.17, 15) is 0 Å². The highest BCUT2D eigenvalue weighted by molar-refractivity contribution is 6.11. The molecule has 0 aromatic rings. The van der Waals surface area contributed by atoms with Crippen molar-refractivity contribution in [2.75, 3.05) is 6.61 Å². The van der Waals surface area contributed by atoms with Gasteiger partial charge in [-0.05, 0) is 17.8 Å². The molecule has 2 heterocycles. The first-order valence-electron chi connectivity index (χ1n) is 6.45. The maximum atomic E-state index is 6.10. The van der Waals surface area contributed by atoms with Crippen LogP contribution >= 0.6 is 0 Å². The fourth-order valence-corrected chi connectivity index (χ4v) is 3.49. The van der Waals surface area contributed by atoms with E-state index in [-0.39, 0.29) is 17.7 Å². The molecule has 2 rings (SSSR count). The molecule has 0 saturated carbocycles. The number of rotatable bonds is 3. The van der Waals surface area contributed by atoms with Crippen molar-refractivity contribution in [3.63, 3.8) is 0 Å². The van der Waals surface area contributed by atoms with E-state index in [1.54, 1.807) is 0 Å². The van der Waals surface area contributed by atoms with E-state index in [1.807, 2.05) is 0 Å². The van der Waals surface area contributed by atoms with Crippen LogP contribution in [0.15, 0.2) is 0 Å². The van der Waals surface area contributed by atoms with E-state index in [2.05, 4.69) is 34.6 Å². The molecule has 2 fully saturated rings. The molecular formula is C13H23BO2. The molecule has 2 aliphatic rings. The van der Waals surface area contributed by atoms with Gasteiger partial charge in [0.15, 0.2) is 0 Å². The molecule has 0 N–H and O–H groups in total. The highest BCUT2D eigenvalue weighted by Crippen LogP contribution is 2.52. The topological polar surface area (TPSA) is 18.5 Å². The standard InChI is InChI=1S/C13H23BO2/c1-7(2)9(5)13-6-15-11(12(14)16-13)10(13)8(3)4/h7-12H,6H2,1-5H3/t9-,10-,11+,12-,13+/m1/s1. The van der Waals surface area contributed by atoms with Gasteiger partial charge in [-0.3, -0.25) is 0 Å². The van der Waals surface area contributed by atoms with Crippen LogP contribution in [0.2, 0.25) is 0 Å². The molecule has 3 heteroatoms. The van der Waals surface area contributed by atoms with Gasteiger partial charge in [-0.15, -0.1) is 0 Å². The monoisotopic (exact) mass is 222 g/mol. The average molecular weight is 222 g/mol. The SMILES string of the molecule is [B][C@@H]1O[C@]2([C@H](C)C(C)C)CO[C@H]1[C@H]2C(C)C. The molecule has 16 heavy (non-hydrogen) atoms. The third-order valence-corrected chi connectivity index (χ3v) is 4.59. The number of ether oxygens (including phenoxy) is 2. The Kier molecular flexibility index (Phi) is 3.13. The van der Waals surface area contributed by atoms with E-state index in [0.717, 1.165) is 0 Å². The minimum atomic E-state index is -0.234. The molecule has 0 spiro atoms. The molecule has 2 nitrogen and oxygen atoms in total. The van der Waals surface area contributed by atoms with Gasteiger partial charge in [0, 0.05) is 11.9 Å². The Morgan fingerprint density at radius 1 is 1.19 bits per heavy atom. The number of hydrogen-bond acceptors (Lipinski definition) is 2. The lowest BCUT2D eigenvalue weighted by Gasteiger charge is -2.40. The number of hydrogen-bond donors (Lipinski definition) is 0. The second-order valence-corrected chi connectivity index (χ2v) is 6.12. The summed E-state index contributed by atoms with van der Waals surface area (Å²) in [7, 11) is 6.02. The van der Waals surface area contributed by atoms with Gasteiger partial charge in [-0.2, -0.15) is 0 Å². The number of fused-ring (bicyclic) bond motifs is 2. The summed E-state index contributed by atoms with van der Waals surface area (Å²) in [5.41, 5.74) is -0.146. The molecule has 5 atom stereocenters. The molecule has 2 bridgehead atoms. The van der Waals surface area contributed by atoms with Crippen molar-refractivity contribution >= 4 is 7.85 Å². The summed E-state index contributed by atoms with van der Waals surface area (Å²) in [6, 6.07) is -0.234. The Labute approximate surface area is 100 Å². The molecule has 2 aliphatic heterocycles. The normalized spacial score (nSPS) is 44.6. The largest absolute Gasteiger partial charge is 0.376 e. The van der Waals surface area contributed by atoms with E-state index in [0.29, 0.717) is 30.3 Å². The first-order valence-corrected chi connectivity index (χ1v) is 6.45. The van der Waals surface area contributed by atoms with Crippen molar-refractivity contribution in [2.24, 2.45) is 23.7 Å². The zero-order valence-corrected chi connectivity index (χ0v) is 11.1. The van der Waals surface area contributed by atoms with Crippen LogP contribution in [0.1, 0.15) is 34.6 Å². The maximum absolute atomic E-state index is 6.10. The molecule has 0 amide bonds. The minimum absolute atomic E-state index is 0.0983. The van der Waals surface area contributed by atoms with Crippen molar-refractivity contribution in [3.8, 4) is 0 Å². The average Bonchev–Trinajstić information content (AvgIpc) is 2.69. The molecule has 0 aromatic carbocycles. The van der Waals surface area contributed by atoms with Gasteiger partial charge in [0.05, 0.1) is 18.3 Å². The first kappa shape index (κ1) is 12.4. The van der Waals surface area contributed by atoms with Crippen LogP contribution in [0, 0.1) is 23.7 Å². The van der Waals surface area contributed by atoms with Gasteiger partial charge in [-0.25, -0.2) is 0 Å². The van der Waals surface area contributed by atoms with Crippen molar-refractivity contribution in [3.05, 3.63) is 0 Å². The van der Waals surface area contributed by atoms with E-state index in [4.69, 9.17) is 17.3 Å². The maximum Gasteiger partial charge on any atom is 0.112 e. The van der Waals surface area contributed by atoms with Crippen LogP contribution in [0.4, 0.5) is 0 Å². The molecule has 2 saturated heterocycles. The molecule has 0 aromatic heterocycles. The zero-order valence-electron chi connectivity index (χ0n) is 11.1. The second-order valence-electron chi connectivity index (χ2n) is 6.12. The Morgan fingerprint density at radius 3 is 2.25 bits per heavy atom. The highest BCUT2D eigenvalue weighted by Gasteiger charge is 2.62. The summed E-state index contributed by atoms with van der Waals surface area (Å²) in [5.74, 6) is 2.08. The lowest BCUT2D eigenvalue weighted by atomic mass is 9.69. The first-order chi connectivity index (χ1) is 7.40. The second kappa shape index (κ2) is 4.02. The minimum Gasteiger partial charge on any atom is -0.376 e. The van der Waals surface area contributed by atoms with Gasteiger partial charge in [0.2, 0.25) is 0 Å². The van der Waals surface area contributed by atoms with Crippen molar-refractivity contribution in [1.82, 2.24) is 0 Å². The Hall–Kier alpha value is -0.0151. The summed E-state index contributed by atoms with van der Waals surface area (Å²) >= 11 is 0. The molecule has 90 valence electrons. The summed E-state index contributed by atoms with van der Waals surface area (Å²) in [6.45, 7) is 12.0. The molecule has 2 radical (unpaired) electrons.